The predicted molar refractivity (Wildman–Crippen MR) is 137 cm³/mol. The van der Waals surface area contributed by atoms with Crippen molar-refractivity contribution in [3.05, 3.63) is 35.7 Å². The third-order valence-electron chi connectivity index (χ3n) is 7.16. The fourth-order valence-corrected chi connectivity index (χ4v) is 6.97. The Morgan fingerprint density at radius 3 is 2.69 bits per heavy atom. The summed E-state index contributed by atoms with van der Waals surface area (Å²) < 4.78 is 59.8. The summed E-state index contributed by atoms with van der Waals surface area (Å²) in [6, 6.07) is 4.91. The molecule has 206 valence electrons. The van der Waals surface area contributed by atoms with Crippen molar-refractivity contribution in [2.75, 3.05) is 44.9 Å². The van der Waals surface area contributed by atoms with Gasteiger partial charge in [-0.2, -0.15) is 18.4 Å². The quantitative estimate of drug-likeness (QED) is 0.385. The number of ether oxygens (including phenoxy) is 1. The van der Waals surface area contributed by atoms with Gasteiger partial charge in [0.25, 0.3) is 0 Å². The number of aliphatic hydroxyl groups excluding tert-OH is 1. The van der Waals surface area contributed by atoms with Crippen LogP contribution in [0.15, 0.2) is 24.5 Å². The van der Waals surface area contributed by atoms with E-state index in [2.05, 4.69) is 20.3 Å². The van der Waals surface area contributed by atoms with E-state index in [4.69, 9.17) is 9.84 Å². The van der Waals surface area contributed by atoms with E-state index in [1.165, 1.54) is 31.7 Å². The van der Waals surface area contributed by atoms with Crippen LogP contribution in [0.3, 0.4) is 0 Å². The third-order valence-corrected chi connectivity index (χ3v) is 8.70. The van der Waals surface area contributed by atoms with Crippen molar-refractivity contribution in [3.63, 3.8) is 0 Å². The Balaban J connectivity index is 1.40. The topological polar surface area (TPSA) is 144 Å². The van der Waals surface area contributed by atoms with Crippen LogP contribution in [0.25, 0.3) is 22.2 Å². The number of nitrogens with one attached hydrogen (secondary N) is 2. The number of carbonyl (C=O) groups is 1. The van der Waals surface area contributed by atoms with Crippen LogP contribution < -0.4 is 10.6 Å². The second-order valence-electron chi connectivity index (χ2n) is 10.4. The highest BCUT2D eigenvalue weighted by Gasteiger charge is 2.54. The number of halogens is 3. The summed E-state index contributed by atoms with van der Waals surface area (Å²) in [5, 5.41) is 22.0. The van der Waals surface area contributed by atoms with E-state index in [-0.39, 0.29) is 52.7 Å². The summed E-state index contributed by atoms with van der Waals surface area (Å²) in [6.45, 7) is 3.72. The van der Waals surface area contributed by atoms with Crippen LogP contribution in [0.4, 0.5) is 23.9 Å². The monoisotopic (exact) mass is 562 g/mol. The van der Waals surface area contributed by atoms with Gasteiger partial charge in [-0.3, -0.25) is 0 Å². The van der Waals surface area contributed by atoms with E-state index in [0.29, 0.717) is 36.8 Å². The molecule has 0 radical (unpaired) electrons. The van der Waals surface area contributed by atoms with Crippen molar-refractivity contribution in [1.82, 2.24) is 19.9 Å². The molecule has 10 nitrogen and oxygen atoms in total. The highest BCUT2D eigenvalue weighted by atomic mass is 31.2. The Hall–Kier alpha value is -3.62. The highest BCUT2D eigenvalue weighted by Crippen LogP contribution is 2.49. The largest absolute Gasteiger partial charge is 0.447 e. The Morgan fingerprint density at radius 1 is 1.36 bits per heavy atom. The molecule has 39 heavy (non-hydrogen) atoms. The van der Waals surface area contributed by atoms with Crippen LogP contribution in [0.1, 0.15) is 24.0 Å². The molecular formula is C25H26F3N6O4P. The summed E-state index contributed by atoms with van der Waals surface area (Å²) in [5.74, 6) is 0.0382. The second kappa shape index (κ2) is 9.54. The summed E-state index contributed by atoms with van der Waals surface area (Å²) in [6.07, 6.45) is -1.71. The maximum absolute atomic E-state index is 14.0. The van der Waals surface area contributed by atoms with Crippen molar-refractivity contribution in [2.45, 2.75) is 25.1 Å². The average molecular weight is 562 g/mol. The van der Waals surface area contributed by atoms with Gasteiger partial charge < -0.3 is 29.6 Å². The Bertz CT molecular complexity index is 1530. The van der Waals surface area contributed by atoms with Gasteiger partial charge in [-0.05, 0) is 32.2 Å². The van der Waals surface area contributed by atoms with Gasteiger partial charge in [0.05, 0.1) is 34.8 Å². The lowest BCUT2D eigenvalue weighted by Gasteiger charge is -2.58. The fourth-order valence-electron chi connectivity index (χ4n) is 5.54. The summed E-state index contributed by atoms with van der Waals surface area (Å²) in [7, 11) is -2.96. The van der Waals surface area contributed by atoms with E-state index in [0.717, 1.165) is 6.20 Å². The molecule has 2 aromatic heterocycles. The standard InChI is InChI=1S/C25H26F3N6O4P/c1-39(2,37)21-14(9-29)3-4-16-17(10-30-20(16)21)19-18(25(26,27)28)11-31-22(33-19)32-15-7-24(8-15)12-34(13-24)23(36)38-6-5-35/h3-4,10-11,15,30,35H,5-8,12-13H2,1-2H3,(H,31,32,33). The van der Waals surface area contributed by atoms with E-state index < -0.39 is 25.0 Å². The number of nitrogens with zero attached hydrogens (tertiary/aromatic N) is 4. The molecule has 1 aliphatic heterocycles. The van der Waals surface area contributed by atoms with Crippen LogP contribution >= 0.6 is 7.14 Å². The molecule has 2 aliphatic rings. The van der Waals surface area contributed by atoms with Crippen LogP contribution in [0, 0.1) is 16.7 Å². The molecule has 0 unspecified atom stereocenters. The zero-order valence-corrected chi connectivity index (χ0v) is 22.1. The molecule has 1 spiro atoms. The summed E-state index contributed by atoms with van der Waals surface area (Å²) >= 11 is 0. The van der Waals surface area contributed by atoms with Crippen molar-refractivity contribution >= 4 is 35.4 Å². The van der Waals surface area contributed by atoms with Crippen molar-refractivity contribution in [1.29, 1.82) is 5.26 Å². The van der Waals surface area contributed by atoms with Gasteiger partial charge in [0.15, 0.2) is 0 Å². The van der Waals surface area contributed by atoms with Gasteiger partial charge in [-0.15, -0.1) is 0 Å². The number of carbonyl (C=O) groups excluding carboxylic acids is 1. The zero-order chi connectivity index (χ0) is 28.2. The lowest BCUT2D eigenvalue weighted by atomic mass is 9.61. The number of aliphatic hydroxyl groups is 1. The van der Waals surface area contributed by atoms with Crippen molar-refractivity contribution < 1.29 is 32.4 Å². The van der Waals surface area contributed by atoms with Gasteiger partial charge in [0.1, 0.15) is 19.3 Å². The van der Waals surface area contributed by atoms with E-state index in [1.807, 2.05) is 6.07 Å². The van der Waals surface area contributed by atoms with Crippen LogP contribution in [0.2, 0.25) is 0 Å². The average Bonchev–Trinajstić information content (AvgIpc) is 3.24. The number of nitriles is 1. The molecule has 1 aromatic carbocycles. The molecule has 1 saturated carbocycles. The molecule has 2 fully saturated rings. The molecule has 1 aliphatic carbocycles. The molecule has 3 N–H and O–H groups in total. The number of aromatic amines is 1. The Labute approximate surface area is 221 Å². The van der Waals surface area contributed by atoms with Gasteiger partial charge in [-0.1, -0.05) is 6.07 Å². The van der Waals surface area contributed by atoms with Crippen LogP contribution in [-0.2, 0) is 15.5 Å². The summed E-state index contributed by atoms with van der Waals surface area (Å²) in [5.41, 5.74) is -0.739. The second-order valence-corrected chi connectivity index (χ2v) is 13.6. The molecule has 3 heterocycles. The number of alkyl halides is 3. The lowest BCUT2D eigenvalue weighted by molar-refractivity contribution is -0.137. The van der Waals surface area contributed by atoms with Gasteiger partial charge in [0.2, 0.25) is 5.95 Å². The molecule has 1 saturated heterocycles. The number of aromatic nitrogens is 3. The first-order valence-electron chi connectivity index (χ1n) is 12.2. The Kier molecular flexibility index (Phi) is 6.59. The van der Waals surface area contributed by atoms with Crippen molar-refractivity contribution in [2.24, 2.45) is 5.41 Å². The first-order valence-corrected chi connectivity index (χ1v) is 14.8. The van der Waals surface area contributed by atoms with E-state index in [9.17, 15) is 27.8 Å². The number of fused-ring (bicyclic) bond motifs is 1. The molecule has 5 rings (SSSR count). The first-order chi connectivity index (χ1) is 18.3. The van der Waals surface area contributed by atoms with Crippen LogP contribution in [-0.4, -0.2) is 76.7 Å². The Morgan fingerprint density at radius 2 is 2.08 bits per heavy atom. The van der Waals surface area contributed by atoms with Gasteiger partial charge >= 0.3 is 12.3 Å². The summed E-state index contributed by atoms with van der Waals surface area (Å²) in [4.78, 5) is 24.5. The smallest absolute Gasteiger partial charge is 0.419 e. The molecule has 0 atom stereocenters. The molecule has 1 amide bonds. The van der Waals surface area contributed by atoms with Crippen LogP contribution in [0.5, 0.6) is 0 Å². The van der Waals surface area contributed by atoms with Gasteiger partial charge in [0, 0.05) is 47.9 Å². The van der Waals surface area contributed by atoms with E-state index in [1.54, 1.807) is 4.90 Å². The van der Waals surface area contributed by atoms with Crippen molar-refractivity contribution in [3.8, 4) is 17.3 Å². The predicted octanol–water partition coefficient (Wildman–Crippen LogP) is 3.77. The fraction of sp³-hybridized carbons (Fsp3) is 0.440. The van der Waals surface area contributed by atoms with Gasteiger partial charge in [-0.25, -0.2) is 14.8 Å². The molecule has 0 bridgehead atoms. The maximum atomic E-state index is 14.0. The number of hydrogen-bond donors (Lipinski definition) is 3. The number of benzene rings is 1. The number of rotatable bonds is 6. The number of anilines is 1. The lowest BCUT2D eigenvalue weighted by Crippen LogP contribution is -2.66. The number of likely N-dealkylation sites (tertiary alicyclic amines) is 1. The number of H-pyrrole nitrogens is 1. The number of hydrogen-bond acceptors (Lipinski definition) is 8. The minimum absolute atomic E-state index is 0.0382. The molecular weight excluding hydrogens is 536 g/mol. The SMILES string of the molecule is CP(C)(=O)c1c(C#N)ccc2c(-c3nc(NC4CC5(C4)CN(C(=O)OCCO)C5)ncc3C(F)(F)F)c[nH]c12. The minimum atomic E-state index is -4.72. The first kappa shape index (κ1) is 27.0. The molecule has 3 aromatic rings. The normalized spacial score (nSPS) is 17.0. The minimum Gasteiger partial charge on any atom is -0.447 e. The zero-order valence-electron chi connectivity index (χ0n) is 21.2. The maximum Gasteiger partial charge on any atom is 0.419 e. The third kappa shape index (κ3) is 4.94. The molecule has 14 heteroatoms. The highest BCUT2D eigenvalue weighted by molar-refractivity contribution is 7.70. The van der Waals surface area contributed by atoms with E-state index >= 15 is 0 Å². The number of amides is 1.